The van der Waals surface area contributed by atoms with Crippen molar-refractivity contribution < 1.29 is 44.5 Å². The van der Waals surface area contributed by atoms with E-state index in [1.165, 1.54) is 18.2 Å². The minimum absolute atomic E-state index is 0.0428. The van der Waals surface area contributed by atoms with Crippen molar-refractivity contribution in [3.05, 3.63) is 67.4 Å². The number of anilines is 3. The summed E-state index contributed by atoms with van der Waals surface area (Å²) in [5.41, 5.74) is 0.887. The van der Waals surface area contributed by atoms with Crippen molar-refractivity contribution in [3.63, 3.8) is 0 Å². The van der Waals surface area contributed by atoms with Crippen LogP contribution in [0.25, 0.3) is 5.76 Å². The number of hydrogen-bond donors (Lipinski definition) is 7. The third-order valence-corrected chi connectivity index (χ3v) is 8.41. The van der Waals surface area contributed by atoms with Crippen LogP contribution in [0.1, 0.15) is 24.0 Å². The SMILES string of the molecule is CN(C)c1cc(NC(=O)Nc2ccc(Cl)cc2[N+](=O)[O-])c(O)c2c1CC1CC3CC(=O)C(C(N)=O)=C(O)C3(O)C(=O)C1=C2O. The lowest BCUT2D eigenvalue weighted by molar-refractivity contribution is -0.383. The molecule has 5 rings (SSSR count). The molecular formula is C28H26ClN5O10. The van der Waals surface area contributed by atoms with Gasteiger partial charge in [-0.05, 0) is 42.5 Å². The first kappa shape index (κ1) is 30.3. The summed E-state index contributed by atoms with van der Waals surface area (Å²) < 4.78 is 0. The highest BCUT2D eigenvalue weighted by atomic mass is 35.5. The smallest absolute Gasteiger partial charge is 0.323 e. The van der Waals surface area contributed by atoms with Crippen molar-refractivity contribution in [2.75, 3.05) is 29.6 Å². The summed E-state index contributed by atoms with van der Waals surface area (Å²) in [6.45, 7) is 0. The number of phenolic OH excluding ortho intramolecular Hbond substituents is 1. The van der Waals surface area contributed by atoms with Crippen LogP contribution in [0.4, 0.5) is 27.5 Å². The lowest BCUT2D eigenvalue weighted by Gasteiger charge is -2.46. The maximum absolute atomic E-state index is 13.8. The molecule has 0 aliphatic heterocycles. The number of primary amides is 1. The monoisotopic (exact) mass is 627 g/mol. The molecule has 1 saturated carbocycles. The van der Waals surface area contributed by atoms with Gasteiger partial charge < -0.3 is 41.7 Å². The molecule has 3 atom stereocenters. The van der Waals surface area contributed by atoms with Crippen molar-refractivity contribution in [1.82, 2.24) is 0 Å². The number of Topliss-reactive ketones (excluding diaryl/α,β-unsaturated/α-hetero) is 2. The Balaban J connectivity index is 1.59. The number of rotatable bonds is 5. The Kier molecular flexibility index (Phi) is 7.26. The number of carbonyl (C=O) groups excluding carboxylic acids is 4. The zero-order valence-corrected chi connectivity index (χ0v) is 23.9. The van der Waals surface area contributed by atoms with Gasteiger partial charge in [0.2, 0.25) is 5.78 Å². The quantitative estimate of drug-likeness (QED) is 0.110. The molecule has 3 aliphatic rings. The molecule has 2 aromatic carbocycles. The Bertz CT molecular complexity index is 1770. The van der Waals surface area contributed by atoms with Crippen LogP contribution < -0.4 is 21.3 Å². The average Bonchev–Trinajstić information content (AvgIpc) is 2.92. The van der Waals surface area contributed by atoms with Gasteiger partial charge in [-0.2, -0.15) is 0 Å². The number of aliphatic hydroxyl groups is 3. The van der Waals surface area contributed by atoms with Crippen molar-refractivity contribution in [2.45, 2.75) is 24.9 Å². The van der Waals surface area contributed by atoms with Crippen LogP contribution in [-0.2, 0) is 20.8 Å². The largest absolute Gasteiger partial charge is 0.508 e. The molecule has 44 heavy (non-hydrogen) atoms. The lowest BCUT2D eigenvalue weighted by Crippen LogP contribution is -2.58. The van der Waals surface area contributed by atoms with Gasteiger partial charge in [-0.25, -0.2) is 4.79 Å². The molecule has 16 heteroatoms. The number of urea groups is 1. The van der Waals surface area contributed by atoms with Crippen molar-refractivity contribution in [1.29, 1.82) is 0 Å². The van der Waals surface area contributed by atoms with Gasteiger partial charge in [-0.3, -0.25) is 24.5 Å². The summed E-state index contributed by atoms with van der Waals surface area (Å²) in [5.74, 6) is -7.77. The Hall–Kier alpha value is -5.15. The summed E-state index contributed by atoms with van der Waals surface area (Å²) in [6.07, 6.45) is -0.435. The van der Waals surface area contributed by atoms with Gasteiger partial charge in [0, 0.05) is 48.8 Å². The summed E-state index contributed by atoms with van der Waals surface area (Å²) in [6, 6.07) is 3.99. The van der Waals surface area contributed by atoms with Crippen molar-refractivity contribution in [2.24, 2.45) is 17.6 Å². The summed E-state index contributed by atoms with van der Waals surface area (Å²) in [4.78, 5) is 63.3. The molecule has 0 saturated heterocycles. The second-order valence-corrected chi connectivity index (χ2v) is 11.4. The van der Waals surface area contributed by atoms with Crippen LogP contribution in [0.3, 0.4) is 0 Å². The normalized spacial score (nSPS) is 22.5. The van der Waals surface area contributed by atoms with Gasteiger partial charge in [0.1, 0.15) is 22.8 Å². The number of nitrogens with two attached hydrogens (primary N) is 1. The predicted octanol–water partition coefficient (Wildman–Crippen LogP) is 2.70. The number of fused-ring (bicyclic) bond motifs is 3. The molecule has 0 spiro atoms. The van der Waals surface area contributed by atoms with E-state index in [2.05, 4.69) is 10.6 Å². The number of benzene rings is 2. The Morgan fingerprint density at radius 2 is 1.77 bits per heavy atom. The topological polar surface area (TPSA) is 246 Å². The number of nitrogens with one attached hydrogen (secondary N) is 2. The van der Waals surface area contributed by atoms with Gasteiger partial charge >= 0.3 is 6.03 Å². The number of ketones is 2. The highest BCUT2D eigenvalue weighted by molar-refractivity contribution is 6.31. The van der Waals surface area contributed by atoms with Gasteiger partial charge in [0.15, 0.2) is 17.1 Å². The number of halogens is 1. The molecule has 2 aromatic rings. The number of aliphatic hydroxyl groups excluding tert-OH is 2. The predicted molar refractivity (Wildman–Crippen MR) is 156 cm³/mol. The molecule has 230 valence electrons. The molecule has 15 nitrogen and oxygen atoms in total. The molecule has 3 amide bonds. The molecule has 0 aromatic heterocycles. The molecule has 8 N–H and O–H groups in total. The van der Waals surface area contributed by atoms with Crippen LogP contribution in [0, 0.1) is 22.0 Å². The maximum atomic E-state index is 13.8. The van der Waals surface area contributed by atoms with E-state index in [-0.39, 0.29) is 40.4 Å². The first-order valence-corrected chi connectivity index (χ1v) is 13.5. The fraction of sp³-hybridized carbons (Fsp3) is 0.286. The van der Waals surface area contributed by atoms with E-state index < -0.39 is 80.8 Å². The third-order valence-electron chi connectivity index (χ3n) is 8.17. The Morgan fingerprint density at radius 1 is 1.11 bits per heavy atom. The third kappa shape index (κ3) is 4.57. The van der Waals surface area contributed by atoms with E-state index >= 15 is 0 Å². The van der Waals surface area contributed by atoms with Crippen LogP contribution in [-0.4, -0.2) is 68.6 Å². The summed E-state index contributed by atoms with van der Waals surface area (Å²) in [5, 5.41) is 61.0. The molecule has 3 aliphatic carbocycles. The second-order valence-electron chi connectivity index (χ2n) is 10.9. The van der Waals surface area contributed by atoms with Gasteiger partial charge in [-0.15, -0.1) is 0 Å². The number of nitro benzene ring substituents is 1. The second kappa shape index (κ2) is 10.5. The zero-order chi connectivity index (χ0) is 32.4. The van der Waals surface area contributed by atoms with Crippen molar-refractivity contribution >= 4 is 63.6 Å². The minimum Gasteiger partial charge on any atom is -0.508 e. The molecule has 0 radical (unpaired) electrons. The Labute approximate surface area is 253 Å². The molecular weight excluding hydrogens is 602 g/mol. The van der Waals surface area contributed by atoms with E-state index in [0.29, 0.717) is 11.3 Å². The standard InChI is InChI=1S/C28H26ClN5O10/c1-33(2)16-9-15(32-27(41)31-14-4-3-12(29)8-17(14)34(43)44)22(36)20-13(16)6-10-5-11-7-18(35)21(26(30)40)25(39)28(11,42)24(38)19(10)23(20)37/h3-4,8-11,36-37,39,42H,5-7H2,1-2H3,(H2,30,40)(H2,31,32,41). The Morgan fingerprint density at radius 3 is 2.39 bits per heavy atom. The summed E-state index contributed by atoms with van der Waals surface area (Å²) in [7, 11) is 3.31. The van der Waals surface area contributed by atoms with Crippen molar-refractivity contribution in [3.8, 4) is 5.75 Å². The van der Waals surface area contributed by atoms with Gasteiger partial charge in [0.25, 0.3) is 11.6 Å². The number of hydrogen-bond acceptors (Lipinski definition) is 11. The van der Waals surface area contributed by atoms with E-state index in [9.17, 15) is 49.7 Å². The highest BCUT2D eigenvalue weighted by Gasteiger charge is 2.60. The minimum atomic E-state index is -2.72. The molecule has 1 fully saturated rings. The van der Waals surface area contributed by atoms with Crippen LogP contribution >= 0.6 is 11.6 Å². The number of phenols is 1. The maximum Gasteiger partial charge on any atom is 0.323 e. The molecule has 0 heterocycles. The average molecular weight is 628 g/mol. The van der Waals surface area contributed by atoms with E-state index in [0.717, 1.165) is 6.07 Å². The van der Waals surface area contributed by atoms with E-state index in [4.69, 9.17) is 17.3 Å². The highest BCUT2D eigenvalue weighted by Crippen LogP contribution is 2.54. The molecule has 0 bridgehead atoms. The van der Waals surface area contributed by atoms with Gasteiger partial charge in [-0.1, -0.05) is 11.6 Å². The summed E-state index contributed by atoms with van der Waals surface area (Å²) >= 11 is 5.83. The number of amides is 3. The fourth-order valence-corrected chi connectivity index (χ4v) is 6.37. The first-order chi connectivity index (χ1) is 20.6. The zero-order valence-electron chi connectivity index (χ0n) is 23.2. The lowest BCUT2D eigenvalue weighted by atomic mass is 9.59. The number of nitrogens with zero attached hydrogens (tertiary/aromatic N) is 2. The number of nitro groups is 1. The first-order valence-electron chi connectivity index (χ1n) is 13.1. The number of aromatic hydroxyl groups is 1. The molecule has 3 unspecified atom stereocenters. The van der Waals surface area contributed by atoms with E-state index in [1.807, 2.05) is 0 Å². The van der Waals surface area contributed by atoms with Crippen LogP contribution in [0.5, 0.6) is 5.75 Å². The van der Waals surface area contributed by atoms with E-state index in [1.54, 1.807) is 19.0 Å². The van der Waals surface area contributed by atoms with Crippen LogP contribution in [0.2, 0.25) is 5.02 Å². The number of carbonyl (C=O) groups is 4. The fourth-order valence-electron chi connectivity index (χ4n) is 6.20. The van der Waals surface area contributed by atoms with Gasteiger partial charge in [0.05, 0.1) is 16.2 Å². The van der Waals surface area contributed by atoms with Crippen LogP contribution in [0.15, 0.2) is 41.2 Å².